The van der Waals surface area contributed by atoms with Crippen LogP contribution in [0.5, 0.6) is 0 Å². The van der Waals surface area contributed by atoms with Crippen LogP contribution in [0.4, 0.5) is 10.2 Å². The van der Waals surface area contributed by atoms with Crippen LogP contribution in [0.25, 0.3) is 0 Å². The first kappa shape index (κ1) is 18.4. The average molecular weight is 345 g/mol. The molecule has 1 amide bonds. The molecule has 7 nitrogen and oxygen atoms in total. The number of aliphatic hydroxyl groups excluding tert-OH is 1. The summed E-state index contributed by atoms with van der Waals surface area (Å²) in [4.78, 5) is 13.7. The standard InChI is InChI=1S/C17H20FN5O2/c1-23(7-3-6-14-13(10-19)17(20)22-21-14)16(25)9-15(24)11-4-2-5-12(18)8-11/h2,4-5,8,15,24H,3,6-7,9H2,1H3,(H3,20,21,22). The minimum Gasteiger partial charge on any atom is -0.388 e. The molecule has 0 aliphatic rings. The average Bonchev–Trinajstić information content (AvgIpc) is 2.94. The Morgan fingerprint density at radius 3 is 3.00 bits per heavy atom. The Kier molecular flexibility index (Phi) is 6.08. The molecule has 0 bridgehead atoms. The number of hydrogen-bond donors (Lipinski definition) is 3. The summed E-state index contributed by atoms with van der Waals surface area (Å²) in [5, 5.41) is 25.6. The molecule has 0 spiro atoms. The number of H-pyrrole nitrogens is 1. The van der Waals surface area contributed by atoms with Gasteiger partial charge in [-0.25, -0.2) is 4.39 Å². The van der Waals surface area contributed by atoms with Gasteiger partial charge in [-0.2, -0.15) is 10.4 Å². The maximum absolute atomic E-state index is 13.2. The van der Waals surface area contributed by atoms with Crippen LogP contribution in [0.15, 0.2) is 24.3 Å². The number of aryl methyl sites for hydroxylation is 1. The van der Waals surface area contributed by atoms with Crippen molar-refractivity contribution in [3.05, 3.63) is 46.9 Å². The zero-order valence-corrected chi connectivity index (χ0v) is 13.9. The lowest BCUT2D eigenvalue weighted by Crippen LogP contribution is -2.29. The minimum absolute atomic E-state index is 0.125. The van der Waals surface area contributed by atoms with Crippen LogP contribution in [-0.2, 0) is 11.2 Å². The number of aromatic amines is 1. The fourth-order valence-corrected chi connectivity index (χ4v) is 2.47. The van der Waals surface area contributed by atoms with Crippen molar-refractivity contribution in [2.45, 2.75) is 25.4 Å². The van der Waals surface area contributed by atoms with E-state index >= 15 is 0 Å². The third-order valence-corrected chi connectivity index (χ3v) is 3.93. The van der Waals surface area contributed by atoms with Crippen LogP contribution < -0.4 is 5.73 Å². The lowest BCUT2D eigenvalue weighted by atomic mass is 10.1. The highest BCUT2D eigenvalue weighted by Gasteiger charge is 2.17. The quantitative estimate of drug-likeness (QED) is 0.703. The number of aliphatic hydroxyl groups is 1. The number of nitriles is 1. The van der Waals surface area contributed by atoms with E-state index in [2.05, 4.69) is 10.2 Å². The number of nitrogens with zero attached hydrogens (tertiary/aromatic N) is 3. The second-order valence-electron chi connectivity index (χ2n) is 5.77. The molecule has 2 aromatic rings. The molecule has 1 unspecified atom stereocenters. The van der Waals surface area contributed by atoms with Crippen molar-refractivity contribution in [2.75, 3.05) is 19.3 Å². The van der Waals surface area contributed by atoms with Gasteiger partial charge in [0.15, 0.2) is 5.82 Å². The topological polar surface area (TPSA) is 119 Å². The van der Waals surface area contributed by atoms with E-state index in [1.807, 2.05) is 6.07 Å². The highest BCUT2D eigenvalue weighted by molar-refractivity contribution is 5.76. The van der Waals surface area contributed by atoms with Gasteiger partial charge in [-0.1, -0.05) is 12.1 Å². The van der Waals surface area contributed by atoms with Gasteiger partial charge < -0.3 is 15.7 Å². The van der Waals surface area contributed by atoms with Crippen LogP contribution in [0.3, 0.4) is 0 Å². The molecule has 1 heterocycles. The van der Waals surface area contributed by atoms with Gasteiger partial charge in [0.05, 0.1) is 18.2 Å². The number of anilines is 1. The van der Waals surface area contributed by atoms with Crippen LogP contribution >= 0.6 is 0 Å². The Morgan fingerprint density at radius 1 is 1.56 bits per heavy atom. The second-order valence-corrected chi connectivity index (χ2v) is 5.77. The summed E-state index contributed by atoms with van der Waals surface area (Å²) >= 11 is 0. The van der Waals surface area contributed by atoms with Gasteiger partial charge in [0.2, 0.25) is 5.91 Å². The fourth-order valence-electron chi connectivity index (χ4n) is 2.47. The van der Waals surface area contributed by atoms with Crippen molar-refractivity contribution in [3.8, 4) is 6.07 Å². The summed E-state index contributed by atoms with van der Waals surface area (Å²) in [6.07, 6.45) is -0.0464. The minimum atomic E-state index is -1.05. The Balaban J connectivity index is 1.83. The van der Waals surface area contributed by atoms with Gasteiger partial charge in [0.1, 0.15) is 17.4 Å². The summed E-state index contributed by atoms with van der Waals surface area (Å²) in [6.45, 7) is 0.443. The lowest BCUT2D eigenvalue weighted by molar-refractivity contribution is -0.132. The van der Waals surface area contributed by atoms with Gasteiger partial charge in [-0.3, -0.25) is 9.89 Å². The molecule has 8 heteroatoms. The first-order valence-electron chi connectivity index (χ1n) is 7.82. The number of benzene rings is 1. The normalized spacial score (nSPS) is 11.8. The number of amides is 1. The third kappa shape index (κ3) is 4.78. The monoisotopic (exact) mass is 345 g/mol. The number of hydrogen-bond acceptors (Lipinski definition) is 5. The fraction of sp³-hybridized carbons (Fsp3) is 0.353. The summed E-state index contributed by atoms with van der Waals surface area (Å²) in [6, 6.07) is 7.55. The number of halogens is 1. The Hall–Kier alpha value is -2.92. The molecule has 0 aliphatic carbocycles. The Morgan fingerprint density at radius 2 is 2.32 bits per heavy atom. The number of carbonyl (C=O) groups excluding carboxylic acids is 1. The van der Waals surface area contributed by atoms with Crippen molar-refractivity contribution in [3.63, 3.8) is 0 Å². The van der Waals surface area contributed by atoms with E-state index in [9.17, 15) is 14.3 Å². The molecule has 2 rings (SSSR count). The molecule has 1 aromatic carbocycles. The molecule has 132 valence electrons. The van der Waals surface area contributed by atoms with E-state index in [0.717, 1.165) is 0 Å². The van der Waals surface area contributed by atoms with E-state index in [1.165, 1.54) is 23.1 Å². The Labute approximate surface area is 144 Å². The highest BCUT2D eigenvalue weighted by Crippen LogP contribution is 2.19. The number of carbonyl (C=O) groups is 1. The number of aromatic nitrogens is 2. The van der Waals surface area contributed by atoms with Crippen molar-refractivity contribution < 1.29 is 14.3 Å². The predicted octanol–water partition coefficient (Wildman–Crippen LogP) is 1.52. The molecular weight excluding hydrogens is 325 g/mol. The maximum atomic E-state index is 13.2. The zero-order valence-electron chi connectivity index (χ0n) is 13.9. The van der Waals surface area contributed by atoms with E-state index in [0.29, 0.717) is 36.2 Å². The lowest BCUT2D eigenvalue weighted by Gasteiger charge is -2.19. The molecule has 4 N–H and O–H groups in total. The molecule has 0 radical (unpaired) electrons. The SMILES string of the molecule is CN(CCCc1[nH]nc(N)c1C#N)C(=O)CC(O)c1cccc(F)c1. The second kappa shape index (κ2) is 8.26. The van der Waals surface area contributed by atoms with Crippen molar-refractivity contribution in [1.29, 1.82) is 5.26 Å². The van der Waals surface area contributed by atoms with Crippen LogP contribution in [0, 0.1) is 17.1 Å². The predicted molar refractivity (Wildman–Crippen MR) is 89.6 cm³/mol. The molecular formula is C17H20FN5O2. The smallest absolute Gasteiger partial charge is 0.225 e. The number of nitrogens with one attached hydrogen (secondary N) is 1. The molecule has 25 heavy (non-hydrogen) atoms. The molecule has 0 saturated carbocycles. The van der Waals surface area contributed by atoms with E-state index < -0.39 is 11.9 Å². The van der Waals surface area contributed by atoms with E-state index in [4.69, 9.17) is 11.0 Å². The maximum Gasteiger partial charge on any atom is 0.225 e. The van der Waals surface area contributed by atoms with E-state index in [-0.39, 0.29) is 18.1 Å². The van der Waals surface area contributed by atoms with E-state index in [1.54, 1.807) is 13.1 Å². The molecule has 0 aliphatic heterocycles. The molecule has 0 fully saturated rings. The summed E-state index contributed by atoms with van der Waals surface area (Å²) < 4.78 is 13.2. The number of nitrogens with two attached hydrogens (primary N) is 1. The third-order valence-electron chi connectivity index (χ3n) is 3.93. The number of nitrogen functional groups attached to an aromatic ring is 1. The Bertz CT molecular complexity index is 784. The van der Waals surface area contributed by atoms with Crippen LogP contribution in [0.1, 0.15) is 35.8 Å². The highest BCUT2D eigenvalue weighted by atomic mass is 19.1. The zero-order chi connectivity index (χ0) is 18.4. The van der Waals surface area contributed by atoms with Gasteiger partial charge >= 0.3 is 0 Å². The largest absolute Gasteiger partial charge is 0.388 e. The summed E-state index contributed by atoms with van der Waals surface area (Å²) in [5.41, 5.74) is 6.91. The van der Waals surface area contributed by atoms with Crippen molar-refractivity contribution >= 4 is 11.7 Å². The molecule has 0 saturated heterocycles. The van der Waals surface area contributed by atoms with Gasteiger partial charge in [-0.15, -0.1) is 0 Å². The van der Waals surface area contributed by atoms with Gasteiger partial charge in [0.25, 0.3) is 0 Å². The number of rotatable bonds is 7. The first-order valence-corrected chi connectivity index (χ1v) is 7.82. The molecule has 1 atom stereocenters. The van der Waals surface area contributed by atoms with Gasteiger partial charge in [0, 0.05) is 13.6 Å². The van der Waals surface area contributed by atoms with Gasteiger partial charge in [-0.05, 0) is 30.5 Å². The molecule has 1 aromatic heterocycles. The van der Waals surface area contributed by atoms with Crippen molar-refractivity contribution in [1.82, 2.24) is 15.1 Å². The van der Waals surface area contributed by atoms with Crippen LogP contribution in [-0.4, -0.2) is 39.7 Å². The summed E-state index contributed by atoms with van der Waals surface area (Å²) in [5.74, 6) is -0.536. The van der Waals surface area contributed by atoms with Crippen molar-refractivity contribution in [2.24, 2.45) is 0 Å². The summed E-state index contributed by atoms with van der Waals surface area (Å²) in [7, 11) is 1.63. The van der Waals surface area contributed by atoms with Crippen LogP contribution in [0.2, 0.25) is 0 Å². The first-order chi connectivity index (χ1) is 11.9.